The predicted octanol–water partition coefficient (Wildman–Crippen LogP) is 2.55. The molecule has 0 saturated carbocycles. The van der Waals surface area contributed by atoms with E-state index in [9.17, 15) is 9.59 Å². The average molecular weight is 248 g/mol. The van der Waals surface area contributed by atoms with E-state index >= 15 is 0 Å². The molecule has 4 heteroatoms. The molecule has 0 heterocycles. The fourth-order valence-electron chi connectivity index (χ4n) is 2.22. The maximum atomic E-state index is 11.5. The summed E-state index contributed by atoms with van der Waals surface area (Å²) in [6.45, 7) is 8.83. The maximum absolute atomic E-state index is 11.5. The molecule has 0 saturated heterocycles. The van der Waals surface area contributed by atoms with Gasteiger partial charge in [-0.1, -0.05) is 6.07 Å². The second kappa shape index (κ2) is 5.21. The van der Waals surface area contributed by atoms with Crippen LogP contribution in [-0.2, 0) is 9.59 Å². The predicted molar refractivity (Wildman–Crippen MR) is 74.0 cm³/mol. The van der Waals surface area contributed by atoms with Gasteiger partial charge in [0.05, 0.1) is 5.69 Å². The molecular weight excluding hydrogens is 228 g/mol. The highest BCUT2D eigenvalue weighted by molar-refractivity contribution is 5.97. The summed E-state index contributed by atoms with van der Waals surface area (Å²) >= 11 is 0. The molecule has 0 radical (unpaired) electrons. The Labute approximate surface area is 108 Å². The van der Waals surface area contributed by atoms with Gasteiger partial charge in [-0.2, -0.15) is 0 Å². The van der Waals surface area contributed by atoms with Gasteiger partial charge in [-0.05, 0) is 37.5 Å². The molecule has 0 aliphatic rings. The Hall–Kier alpha value is -1.84. The first-order valence-electron chi connectivity index (χ1n) is 5.88. The van der Waals surface area contributed by atoms with Gasteiger partial charge in [-0.15, -0.1) is 0 Å². The molecule has 0 atom stereocenters. The number of nitrogens with zero attached hydrogens (tertiary/aromatic N) is 1. The van der Waals surface area contributed by atoms with E-state index in [0.29, 0.717) is 0 Å². The lowest BCUT2D eigenvalue weighted by Crippen LogP contribution is -2.25. The zero-order valence-corrected chi connectivity index (χ0v) is 11.8. The molecule has 1 aromatic rings. The molecule has 1 N–H and O–H groups in total. The zero-order chi connectivity index (χ0) is 14.0. The van der Waals surface area contributed by atoms with Gasteiger partial charge in [0.1, 0.15) is 0 Å². The first-order valence-corrected chi connectivity index (χ1v) is 5.88. The van der Waals surface area contributed by atoms with Crippen LogP contribution in [0, 0.1) is 20.8 Å². The maximum Gasteiger partial charge on any atom is 0.223 e. The number of carbonyl (C=O) groups excluding carboxylic acids is 2. The van der Waals surface area contributed by atoms with Crippen molar-refractivity contribution in [3.05, 3.63) is 22.8 Å². The van der Waals surface area contributed by atoms with Crippen molar-refractivity contribution >= 4 is 23.2 Å². The zero-order valence-electron chi connectivity index (χ0n) is 11.8. The summed E-state index contributed by atoms with van der Waals surface area (Å²) in [5, 5.41) is 2.83. The lowest BCUT2D eigenvalue weighted by atomic mass is 10.0. The Morgan fingerprint density at radius 2 is 1.67 bits per heavy atom. The van der Waals surface area contributed by atoms with E-state index in [0.717, 1.165) is 28.1 Å². The van der Waals surface area contributed by atoms with Crippen molar-refractivity contribution in [1.82, 2.24) is 0 Å². The highest BCUT2D eigenvalue weighted by Crippen LogP contribution is 2.33. The molecule has 0 unspecified atom stereocenters. The van der Waals surface area contributed by atoms with Crippen LogP contribution in [0.5, 0.6) is 0 Å². The van der Waals surface area contributed by atoms with E-state index < -0.39 is 0 Å². The van der Waals surface area contributed by atoms with Crippen LogP contribution in [0.4, 0.5) is 11.4 Å². The van der Waals surface area contributed by atoms with E-state index in [-0.39, 0.29) is 11.8 Å². The summed E-state index contributed by atoms with van der Waals surface area (Å²) < 4.78 is 0. The largest absolute Gasteiger partial charge is 0.326 e. The number of hydrogen-bond acceptors (Lipinski definition) is 2. The number of hydrogen-bond donors (Lipinski definition) is 1. The molecule has 0 aromatic heterocycles. The topological polar surface area (TPSA) is 49.4 Å². The number of amides is 2. The van der Waals surface area contributed by atoms with Crippen molar-refractivity contribution in [2.75, 3.05) is 17.3 Å². The van der Waals surface area contributed by atoms with Crippen LogP contribution >= 0.6 is 0 Å². The molecular formula is C14H20N2O2. The molecule has 98 valence electrons. The van der Waals surface area contributed by atoms with Crippen LogP contribution < -0.4 is 10.2 Å². The summed E-state index contributed by atoms with van der Waals surface area (Å²) in [5.41, 5.74) is 4.59. The molecule has 0 spiro atoms. The van der Waals surface area contributed by atoms with Crippen LogP contribution in [0.2, 0.25) is 0 Å². The Morgan fingerprint density at radius 3 is 2.11 bits per heavy atom. The first kappa shape index (κ1) is 14.2. The highest BCUT2D eigenvalue weighted by Gasteiger charge is 2.16. The van der Waals surface area contributed by atoms with Crippen molar-refractivity contribution in [2.24, 2.45) is 0 Å². The summed E-state index contributed by atoms with van der Waals surface area (Å²) in [6, 6.07) is 1.98. The second-order valence-corrected chi connectivity index (χ2v) is 4.62. The molecule has 1 rings (SSSR count). The molecule has 4 nitrogen and oxygen atoms in total. The van der Waals surface area contributed by atoms with E-state index in [2.05, 4.69) is 5.32 Å². The van der Waals surface area contributed by atoms with Crippen molar-refractivity contribution in [2.45, 2.75) is 34.6 Å². The van der Waals surface area contributed by atoms with Gasteiger partial charge < -0.3 is 10.2 Å². The summed E-state index contributed by atoms with van der Waals surface area (Å²) in [7, 11) is 1.74. The molecule has 0 aliphatic carbocycles. The minimum absolute atomic E-state index is 0.0289. The first-order chi connectivity index (χ1) is 8.25. The van der Waals surface area contributed by atoms with Gasteiger partial charge in [-0.3, -0.25) is 9.59 Å². The van der Waals surface area contributed by atoms with Crippen LogP contribution in [0.25, 0.3) is 0 Å². The van der Waals surface area contributed by atoms with Crippen LogP contribution in [0.1, 0.15) is 30.5 Å². The second-order valence-electron chi connectivity index (χ2n) is 4.62. The van der Waals surface area contributed by atoms with Gasteiger partial charge in [0.2, 0.25) is 11.8 Å². The quantitative estimate of drug-likeness (QED) is 0.874. The van der Waals surface area contributed by atoms with Crippen molar-refractivity contribution in [3.63, 3.8) is 0 Å². The van der Waals surface area contributed by atoms with E-state index in [1.807, 2.05) is 26.8 Å². The molecule has 0 fully saturated rings. The Kier molecular flexibility index (Phi) is 4.11. The number of benzene rings is 1. The normalized spacial score (nSPS) is 10.1. The number of rotatable bonds is 2. The number of carbonyl (C=O) groups is 2. The third-order valence-corrected chi connectivity index (χ3v) is 3.04. The monoisotopic (exact) mass is 248 g/mol. The Balaban J connectivity index is 3.44. The van der Waals surface area contributed by atoms with Crippen molar-refractivity contribution in [3.8, 4) is 0 Å². The molecule has 1 aromatic carbocycles. The lowest BCUT2D eigenvalue weighted by molar-refractivity contribution is -0.116. The molecule has 18 heavy (non-hydrogen) atoms. The fraction of sp³-hybridized carbons (Fsp3) is 0.429. The molecule has 0 aliphatic heterocycles. The number of nitrogens with one attached hydrogen (secondary N) is 1. The SMILES string of the molecule is CC(=O)Nc1c(C)cc(C)c(N(C)C(C)=O)c1C. The number of aryl methyl sites for hydroxylation is 2. The van der Waals surface area contributed by atoms with Crippen LogP contribution in [0.3, 0.4) is 0 Å². The van der Waals surface area contributed by atoms with Gasteiger partial charge in [-0.25, -0.2) is 0 Å². The van der Waals surface area contributed by atoms with E-state index in [1.54, 1.807) is 11.9 Å². The summed E-state index contributed by atoms with van der Waals surface area (Å²) in [6.07, 6.45) is 0. The summed E-state index contributed by atoms with van der Waals surface area (Å²) in [5.74, 6) is -0.139. The van der Waals surface area contributed by atoms with E-state index in [1.165, 1.54) is 13.8 Å². The van der Waals surface area contributed by atoms with Crippen LogP contribution in [-0.4, -0.2) is 18.9 Å². The van der Waals surface area contributed by atoms with Gasteiger partial charge in [0, 0.05) is 26.6 Å². The standard InChI is InChI=1S/C14H20N2O2/c1-8-7-9(2)14(16(6)12(5)18)10(3)13(8)15-11(4)17/h7H,1-6H3,(H,15,17). The smallest absolute Gasteiger partial charge is 0.223 e. The lowest BCUT2D eigenvalue weighted by Gasteiger charge is -2.24. The van der Waals surface area contributed by atoms with Crippen molar-refractivity contribution < 1.29 is 9.59 Å². The minimum atomic E-state index is -0.110. The molecule has 0 bridgehead atoms. The fourth-order valence-corrected chi connectivity index (χ4v) is 2.22. The average Bonchev–Trinajstić information content (AvgIpc) is 2.23. The third kappa shape index (κ3) is 2.70. The van der Waals surface area contributed by atoms with Crippen molar-refractivity contribution in [1.29, 1.82) is 0 Å². The van der Waals surface area contributed by atoms with Gasteiger partial charge in [0.15, 0.2) is 0 Å². The van der Waals surface area contributed by atoms with Gasteiger partial charge in [0.25, 0.3) is 0 Å². The summed E-state index contributed by atoms with van der Waals surface area (Å²) in [4.78, 5) is 24.3. The number of anilines is 2. The van der Waals surface area contributed by atoms with Gasteiger partial charge >= 0.3 is 0 Å². The Morgan fingerprint density at radius 1 is 1.11 bits per heavy atom. The minimum Gasteiger partial charge on any atom is -0.326 e. The Bertz CT molecular complexity index is 507. The molecule has 2 amide bonds. The van der Waals surface area contributed by atoms with E-state index in [4.69, 9.17) is 0 Å². The highest BCUT2D eigenvalue weighted by atomic mass is 16.2. The third-order valence-electron chi connectivity index (χ3n) is 3.04. The van der Waals surface area contributed by atoms with Crippen LogP contribution in [0.15, 0.2) is 6.07 Å².